The number of ether oxygens (including phenoxy) is 1. The SMILES string of the molecule is CCCCc1ncnc(N2CC[C@H](NC)C2)c1OC. The topological polar surface area (TPSA) is 50.3 Å². The lowest BCUT2D eigenvalue weighted by Crippen LogP contribution is -2.30. The summed E-state index contributed by atoms with van der Waals surface area (Å²) in [6, 6.07) is 0.541. The number of nitrogens with one attached hydrogen (secondary N) is 1. The zero-order valence-corrected chi connectivity index (χ0v) is 12.1. The van der Waals surface area contributed by atoms with E-state index in [4.69, 9.17) is 4.74 Å². The molecule has 1 aromatic heterocycles. The van der Waals surface area contributed by atoms with Gasteiger partial charge in [-0.1, -0.05) is 13.3 Å². The van der Waals surface area contributed by atoms with Crippen LogP contribution >= 0.6 is 0 Å². The molecule has 1 atom stereocenters. The maximum Gasteiger partial charge on any atom is 0.182 e. The molecular weight excluding hydrogens is 240 g/mol. The van der Waals surface area contributed by atoms with Crippen LogP contribution in [0.4, 0.5) is 5.82 Å². The van der Waals surface area contributed by atoms with Crippen LogP contribution in [-0.2, 0) is 6.42 Å². The van der Waals surface area contributed by atoms with Crippen LogP contribution in [-0.4, -0.2) is 43.3 Å². The molecule has 1 saturated heterocycles. The van der Waals surface area contributed by atoms with Crippen molar-refractivity contribution in [3.8, 4) is 5.75 Å². The average Bonchev–Trinajstić information content (AvgIpc) is 2.93. The third-order valence-electron chi connectivity index (χ3n) is 3.73. The standard InChI is InChI=1S/C14H24N4O/c1-4-5-6-12-13(19-3)14(17-10-16-12)18-8-7-11(9-18)15-2/h10-11,15H,4-9H2,1-3H3/t11-/m0/s1. The molecule has 106 valence electrons. The Morgan fingerprint density at radius 2 is 2.32 bits per heavy atom. The van der Waals surface area contributed by atoms with Crippen molar-refractivity contribution in [1.82, 2.24) is 15.3 Å². The minimum Gasteiger partial charge on any atom is -0.491 e. The van der Waals surface area contributed by atoms with E-state index in [0.717, 1.165) is 56.0 Å². The van der Waals surface area contributed by atoms with Gasteiger partial charge in [0.15, 0.2) is 11.6 Å². The second-order valence-electron chi connectivity index (χ2n) is 5.00. The molecule has 0 radical (unpaired) electrons. The summed E-state index contributed by atoms with van der Waals surface area (Å²) in [7, 11) is 3.72. The molecule has 1 fully saturated rings. The molecule has 0 aliphatic carbocycles. The van der Waals surface area contributed by atoms with Crippen LogP contribution in [0.15, 0.2) is 6.33 Å². The van der Waals surface area contributed by atoms with Gasteiger partial charge in [-0.2, -0.15) is 0 Å². The van der Waals surface area contributed by atoms with Gasteiger partial charge in [-0.3, -0.25) is 0 Å². The lowest BCUT2D eigenvalue weighted by molar-refractivity contribution is 0.403. The summed E-state index contributed by atoms with van der Waals surface area (Å²) in [5.41, 5.74) is 1.03. The minimum atomic E-state index is 0.541. The predicted molar refractivity (Wildman–Crippen MR) is 76.9 cm³/mol. The molecule has 1 aromatic rings. The molecule has 5 heteroatoms. The normalized spacial score (nSPS) is 18.9. The highest BCUT2D eigenvalue weighted by Crippen LogP contribution is 2.31. The highest BCUT2D eigenvalue weighted by atomic mass is 16.5. The minimum absolute atomic E-state index is 0.541. The molecule has 0 amide bonds. The molecule has 1 N–H and O–H groups in total. The van der Waals surface area contributed by atoms with E-state index in [2.05, 4.69) is 27.1 Å². The van der Waals surface area contributed by atoms with E-state index in [-0.39, 0.29) is 0 Å². The zero-order valence-electron chi connectivity index (χ0n) is 12.1. The summed E-state index contributed by atoms with van der Waals surface area (Å²) in [6.07, 6.45) is 6.06. The zero-order chi connectivity index (χ0) is 13.7. The Bertz CT molecular complexity index is 410. The number of aromatic nitrogens is 2. The van der Waals surface area contributed by atoms with Crippen molar-refractivity contribution in [2.45, 2.75) is 38.6 Å². The van der Waals surface area contributed by atoms with Crippen molar-refractivity contribution < 1.29 is 4.74 Å². The quantitative estimate of drug-likeness (QED) is 0.846. The Hall–Kier alpha value is -1.36. The molecule has 0 saturated carbocycles. The molecule has 0 spiro atoms. The third-order valence-corrected chi connectivity index (χ3v) is 3.73. The summed E-state index contributed by atoms with van der Waals surface area (Å²) in [4.78, 5) is 11.1. The van der Waals surface area contributed by atoms with Gasteiger partial charge in [-0.25, -0.2) is 9.97 Å². The van der Waals surface area contributed by atoms with Crippen molar-refractivity contribution in [2.75, 3.05) is 32.1 Å². The van der Waals surface area contributed by atoms with E-state index in [1.807, 2.05) is 7.05 Å². The van der Waals surface area contributed by atoms with Crippen molar-refractivity contribution in [2.24, 2.45) is 0 Å². The first-order valence-corrected chi connectivity index (χ1v) is 7.10. The Kier molecular flexibility index (Phi) is 4.96. The molecule has 5 nitrogen and oxygen atoms in total. The molecule has 1 aliphatic rings. The Morgan fingerprint density at radius 3 is 2.95 bits per heavy atom. The lowest BCUT2D eigenvalue weighted by Gasteiger charge is -2.21. The number of hydrogen-bond donors (Lipinski definition) is 1. The van der Waals surface area contributed by atoms with Crippen molar-refractivity contribution in [1.29, 1.82) is 0 Å². The van der Waals surface area contributed by atoms with E-state index < -0.39 is 0 Å². The predicted octanol–water partition coefficient (Wildman–Crippen LogP) is 1.63. The van der Waals surface area contributed by atoms with Crippen molar-refractivity contribution in [3.05, 3.63) is 12.0 Å². The number of unbranched alkanes of at least 4 members (excludes halogenated alkanes) is 1. The molecule has 1 aliphatic heterocycles. The van der Waals surface area contributed by atoms with Gasteiger partial charge < -0.3 is 15.0 Å². The first kappa shape index (κ1) is 14.1. The highest BCUT2D eigenvalue weighted by molar-refractivity contribution is 5.55. The number of nitrogens with zero attached hydrogens (tertiary/aromatic N) is 3. The van der Waals surface area contributed by atoms with Crippen LogP contribution in [0.2, 0.25) is 0 Å². The summed E-state index contributed by atoms with van der Waals surface area (Å²) in [5.74, 6) is 1.80. The smallest absolute Gasteiger partial charge is 0.182 e. The van der Waals surface area contributed by atoms with Crippen molar-refractivity contribution in [3.63, 3.8) is 0 Å². The second-order valence-corrected chi connectivity index (χ2v) is 5.00. The molecule has 0 bridgehead atoms. The van der Waals surface area contributed by atoms with Gasteiger partial charge >= 0.3 is 0 Å². The third kappa shape index (κ3) is 3.15. The Labute approximate surface area is 115 Å². The molecule has 0 aromatic carbocycles. The van der Waals surface area contributed by atoms with Crippen LogP contribution in [0.1, 0.15) is 31.9 Å². The van der Waals surface area contributed by atoms with Gasteiger partial charge in [-0.15, -0.1) is 0 Å². The van der Waals surface area contributed by atoms with E-state index in [9.17, 15) is 0 Å². The lowest BCUT2D eigenvalue weighted by atomic mass is 10.2. The van der Waals surface area contributed by atoms with Crippen molar-refractivity contribution >= 4 is 5.82 Å². The Balaban J connectivity index is 2.20. The summed E-state index contributed by atoms with van der Waals surface area (Å²) in [5, 5.41) is 3.32. The van der Waals surface area contributed by atoms with E-state index in [1.54, 1.807) is 13.4 Å². The maximum atomic E-state index is 5.57. The number of aryl methyl sites for hydroxylation is 1. The fraction of sp³-hybridized carbons (Fsp3) is 0.714. The summed E-state index contributed by atoms with van der Waals surface area (Å²) >= 11 is 0. The van der Waals surface area contributed by atoms with E-state index >= 15 is 0 Å². The number of rotatable bonds is 6. The monoisotopic (exact) mass is 264 g/mol. The van der Waals surface area contributed by atoms with Gasteiger partial charge in [0.1, 0.15) is 6.33 Å². The van der Waals surface area contributed by atoms with Crippen LogP contribution in [0, 0.1) is 0 Å². The molecular formula is C14H24N4O. The van der Waals surface area contributed by atoms with Gasteiger partial charge in [0.05, 0.1) is 12.8 Å². The number of anilines is 1. The highest BCUT2D eigenvalue weighted by Gasteiger charge is 2.25. The van der Waals surface area contributed by atoms with Crippen LogP contribution in [0.25, 0.3) is 0 Å². The maximum absolute atomic E-state index is 5.57. The molecule has 0 unspecified atom stereocenters. The fourth-order valence-corrected chi connectivity index (χ4v) is 2.54. The fourth-order valence-electron chi connectivity index (χ4n) is 2.54. The average molecular weight is 264 g/mol. The van der Waals surface area contributed by atoms with Gasteiger partial charge in [-0.05, 0) is 26.3 Å². The second kappa shape index (κ2) is 6.70. The largest absolute Gasteiger partial charge is 0.491 e. The Morgan fingerprint density at radius 1 is 1.47 bits per heavy atom. The van der Waals surface area contributed by atoms with Gasteiger partial charge in [0.25, 0.3) is 0 Å². The summed E-state index contributed by atoms with van der Waals surface area (Å²) < 4.78 is 5.57. The first-order valence-electron chi connectivity index (χ1n) is 7.10. The molecule has 2 rings (SSSR count). The van der Waals surface area contributed by atoms with Gasteiger partial charge in [0, 0.05) is 19.1 Å². The first-order chi connectivity index (χ1) is 9.30. The van der Waals surface area contributed by atoms with E-state index in [0.29, 0.717) is 6.04 Å². The van der Waals surface area contributed by atoms with Gasteiger partial charge in [0.2, 0.25) is 0 Å². The molecule has 2 heterocycles. The number of likely N-dealkylation sites (N-methyl/N-ethyl adjacent to an activating group) is 1. The molecule has 19 heavy (non-hydrogen) atoms. The van der Waals surface area contributed by atoms with Crippen LogP contribution in [0.5, 0.6) is 5.75 Å². The van der Waals surface area contributed by atoms with Crippen LogP contribution < -0.4 is 15.0 Å². The number of methoxy groups -OCH3 is 1. The van der Waals surface area contributed by atoms with Crippen LogP contribution in [0.3, 0.4) is 0 Å². The number of hydrogen-bond acceptors (Lipinski definition) is 5. The van der Waals surface area contributed by atoms with E-state index in [1.165, 1.54) is 0 Å². The summed E-state index contributed by atoms with van der Waals surface area (Å²) in [6.45, 7) is 4.19.